The SMILES string of the molecule is CC(C)CNC(C)(CO)c1cc(Cl)ccc1Cl. The Morgan fingerprint density at radius 1 is 1.35 bits per heavy atom. The van der Waals surface area contributed by atoms with Crippen molar-refractivity contribution in [1.82, 2.24) is 5.32 Å². The molecule has 0 aliphatic carbocycles. The summed E-state index contributed by atoms with van der Waals surface area (Å²) in [6.45, 7) is 6.93. The molecular formula is C13H19Cl2NO. The molecule has 2 N–H and O–H groups in total. The third-order valence-electron chi connectivity index (χ3n) is 2.74. The number of rotatable bonds is 5. The molecule has 1 atom stereocenters. The van der Waals surface area contributed by atoms with Gasteiger partial charge in [0.15, 0.2) is 0 Å². The minimum absolute atomic E-state index is 0.0280. The van der Waals surface area contributed by atoms with E-state index in [1.54, 1.807) is 18.2 Å². The zero-order chi connectivity index (χ0) is 13.1. The molecule has 1 aromatic rings. The Morgan fingerprint density at radius 2 is 2.00 bits per heavy atom. The first-order valence-corrected chi connectivity index (χ1v) is 6.46. The molecule has 1 rings (SSSR count). The Balaban J connectivity index is 3.02. The molecule has 1 aromatic carbocycles. The highest BCUT2D eigenvalue weighted by Crippen LogP contribution is 2.30. The Morgan fingerprint density at radius 3 is 2.53 bits per heavy atom. The van der Waals surface area contributed by atoms with Crippen LogP contribution in [0.5, 0.6) is 0 Å². The lowest BCUT2D eigenvalue weighted by molar-refractivity contribution is 0.171. The molecule has 0 spiro atoms. The summed E-state index contributed by atoms with van der Waals surface area (Å²) in [5.41, 5.74) is 0.265. The van der Waals surface area contributed by atoms with Crippen molar-refractivity contribution >= 4 is 23.2 Å². The second-order valence-corrected chi connectivity index (χ2v) is 5.73. The maximum Gasteiger partial charge on any atom is 0.0655 e. The summed E-state index contributed by atoms with van der Waals surface area (Å²) in [7, 11) is 0. The maximum absolute atomic E-state index is 9.60. The zero-order valence-electron chi connectivity index (χ0n) is 10.4. The molecule has 0 radical (unpaired) electrons. The highest BCUT2D eigenvalue weighted by atomic mass is 35.5. The molecular weight excluding hydrogens is 257 g/mol. The average Bonchev–Trinajstić information content (AvgIpc) is 2.29. The molecule has 0 aliphatic heterocycles. The highest BCUT2D eigenvalue weighted by Gasteiger charge is 2.27. The Hall–Kier alpha value is -0.280. The van der Waals surface area contributed by atoms with Gasteiger partial charge in [-0.3, -0.25) is 0 Å². The van der Waals surface area contributed by atoms with E-state index in [1.165, 1.54) is 0 Å². The van der Waals surface area contributed by atoms with Crippen LogP contribution in [0.2, 0.25) is 10.0 Å². The van der Waals surface area contributed by atoms with E-state index in [-0.39, 0.29) is 6.61 Å². The van der Waals surface area contributed by atoms with E-state index in [9.17, 15) is 5.11 Å². The number of hydrogen-bond donors (Lipinski definition) is 2. The second kappa shape index (κ2) is 6.05. The van der Waals surface area contributed by atoms with Crippen LogP contribution in [-0.4, -0.2) is 18.3 Å². The third-order valence-corrected chi connectivity index (χ3v) is 3.30. The fourth-order valence-electron chi connectivity index (χ4n) is 1.59. The lowest BCUT2D eigenvalue weighted by atomic mass is 9.92. The van der Waals surface area contributed by atoms with Gasteiger partial charge in [-0.25, -0.2) is 0 Å². The lowest BCUT2D eigenvalue weighted by Crippen LogP contribution is -2.44. The van der Waals surface area contributed by atoms with Gasteiger partial charge in [-0.1, -0.05) is 37.0 Å². The van der Waals surface area contributed by atoms with Crippen LogP contribution in [0.15, 0.2) is 18.2 Å². The zero-order valence-corrected chi connectivity index (χ0v) is 11.9. The van der Waals surface area contributed by atoms with E-state index in [2.05, 4.69) is 19.2 Å². The summed E-state index contributed by atoms with van der Waals surface area (Å²) in [5, 5.41) is 14.2. The molecule has 0 saturated carbocycles. The number of hydrogen-bond acceptors (Lipinski definition) is 2. The monoisotopic (exact) mass is 275 g/mol. The van der Waals surface area contributed by atoms with E-state index in [1.807, 2.05) is 6.92 Å². The van der Waals surface area contributed by atoms with Gasteiger partial charge in [-0.15, -0.1) is 0 Å². The van der Waals surface area contributed by atoms with Gasteiger partial charge in [0.25, 0.3) is 0 Å². The number of halogens is 2. The summed E-state index contributed by atoms with van der Waals surface area (Å²) >= 11 is 12.1. The van der Waals surface area contributed by atoms with Crippen LogP contribution in [0.25, 0.3) is 0 Å². The summed E-state index contributed by atoms with van der Waals surface area (Å²) in [6, 6.07) is 5.30. The molecule has 0 bridgehead atoms. The number of aliphatic hydroxyl groups is 1. The van der Waals surface area contributed by atoms with Crippen molar-refractivity contribution in [2.75, 3.05) is 13.2 Å². The average molecular weight is 276 g/mol. The molecule has 0 aliphatic rings. The summed E-state index contributed by atoms with van der Waals surface area (Å²) in [5.74, 6) is 0.499. The van der Waals surface area contributed by atoms with E-state index < -0.39 is 5.54 Å². The first-order valence-electron chi connectivity index (χ1n) is 5.70. The van der Waals surface area contributed by atoms with E-state index in [0.29, 0.717) is 16.0 Å². The molecule has 0 fully saturated rings. The van der Waals surface area contributed by atoms with Gasteiger partial charge in [0.2, 0.25) is 0 Å². The Kier molecular flexibility index (Phi) is 5.26. The maximum atomic E-state index is 9.60. The molecule has 0 saturated heterocycles. The molecule has 2 nitrogen and oxygen atoms in total. The first-order chi connectivity index (χ1) is 7.89. The van der Waals surface area contributed by atoms with Gasteiger partial charge < -0.3 is 10.4 Å². The molecule has 0 heterocycles. The van der Waals surface area contributed by atoms with Crippen molar-refractivity contribution in [2.45, 2.75) is 26.3 Å². The minimum Gasteiger partial charge on any atom is -0.394 e. The quantitative estimate of drug-likeness (QED) is 0.863. The van der Waals surface area contributed by atoms with Gasteiger partial charge in [-0.05, 0) is 43.1 Å². The predicted molar refractivity (Wildman–Crippen MR) is 73.7 cm³/mol. The summed E-state index contributed by atoms with van der Waals surface area (Å²) in [4.78, 5) is 0. The van der Waals surface area contributed by atoms with Crippen LogP contribution in [0.1, 0.15) is 26.3 Å². The van der Waals surface area contributed by atoms with Crippen molar-refractivity contribution < 1.29 is 5.11 Å². The fraction of sp³-hybridized carbons (Fsp3) is 0.538. The van der Waals surface area contributed by atoms with Crippen molar-refractivity contribution in [3.63, 3.8) is 0 Å². The van der Waals surface area contributed by atoms with Crippen molar-refractivity contribution in [3.8, 4) is 0 Å². The van der Waals surface area contributed by atoms with Crippen LogP contribution < -0.4 is 5.32 Å². The number of benzene rings is 1. The normalized spacial score (nSPS) is 15.0. The topological polar surface area (TPSA) is 32.3 Å². The van der Waals surface area contributed by atoms with Crippen LogP contribution in [0.3, 0.4) is 0 Å². The van der Waals surface area contributed by atoms with Crippen LogP contribution in [0.4, 0.5) is 0 Å². The molecule has 17 heavy (non-hydrogen) atoms. The van der Waals surface area contributed by atoms with Gasteiger partial charge in [0.1, 0.15) is 0 Å². The largest absolute Gasteiger partial charge is 0.394 e. The summed E-state index contributed by atoms with van der Waals surface area (Å²) < 4.78 is 0. The van der Waals surface area contributed by atoms with Gasteiger partial charge in [-0.2, -0.15) is 0 Å². The van der Waals surface area contributed by atoms with Gasteiger partial charge in [0, 0.05) is 10.0 Å². The number of nitrogens with one attached hydrogen (secondary N) is 1. The third kappa shape index (κ3) is 3.85. The molecule has 96 valence electrons. The standard InChI is InChI=1S/C13H19Cl2NO/c1-9(2)7-16-13(3,8-17)11-6-10(14)4-5-12(11)15/h4-6,9,16-17H,7-8H2,1-3H3. The molecule has 1 unspecified atom stereocenters. The molecule has 0 amide bonds. The Labute approximate surface area is 113 Å². The smallest absolute Gasteiger partial charge is 0.0655 e. The molecule has 4 heteroatoms. The number of aliphatic hydroxyl groups excluding tert-OH is 1. The first kappa shape index (κ1) is 14.8. The molecule has 0 aromatic heterocycles. The van der Waals surface area contributed by atoms with Crippen molar-refractivity contribution in [2.24, 2.45) is 5.92 Å². The van der Waals surface area contributed by atoms with Gasteiger partial charge in [0.05, 0.1) is 12.1 Å². The van der Waals surface area contributed by atoms with Crippen molar-refractivity contribution in [3.05, 3.63) is 33.8 Å². The second-order valence-electron chi connectivity index (χ2n) is 4.89. The van der Waals surface area contributed by atoms with Gasteiger partial charge >= 0.3 is 0 Å². The van der Waals surface area contributed by atoms with Crippen LogP contribution >= 0.6 is 23.2 Å². The minimum atomic E-state index is -0.563. The van der Waals surface area contributed by atoms with Crippen LogP contribution in [0, 0.1) is 5.92 Å². The van der Waals surface area contributed by atoms with Crippen LogP contribution in [-0.2, 0) is 5.54 Å². The predicted octanol–water partition coefficient (Wildman–Crippen LogP) is 3.45. The Bertz CT molecular complexity index is 382. The fourth-order valence-corrected chi connectivity index (χ4v) is 2.08. The summed E-state index contributed by atoms with van der Waals surface area (Å²) in [6.07, 6.45) is 0. The van der Waals surface area contributed by atoms with Crippen molar-refractivity contribution in [1.29, 1.82) is 0 Å². The lowest BCUT2D eigenvalue weighted by Gasteiger charge is -2.31. The van der Waals surface area contributed by atoms with E-state index >= 15 is 0 Å². The van der Waals surface area contributed by atoms with E-state index in [0.717, 1.165) is 12.1 Å². The highest BCUT2D eigenvalue weighted by molar-refractivity contribution is 6.33. The van der Waals surface area contributed by atoms with E-state index in [4.69, 9.17) is 23.2 Å².